The van der Waals surface area contributed by atoms with Gasteiger partial charge in [0.25, 0.3) is 0 Å². The van der Waals surface area contributed by atoms with E-state index in [-0.39, 0.29) is 5.04 Å². The summed E-state index contributed by atoms with van der Waals surface area (Å²) in [5.74, 6) is 5.01. The Morgan fingerprint density at radius 1 is 1.00 bits per heavy atom. The van der Waals surface area contributed by atoms with E-state index in [1.807, 2.05) is 6.08 Å². The lowest BCUT2D eigenvalue weighted by Crippen LogP contribution is -2.52. The van der Waals surface area contributed by atoms with E-state index in [0.717, 1.165) is 48.3 Å². The molecule has 4 saturated carbocycles. The molecule has 0 amide bonds. The fourth-order valence-corrected chi connectivity index (χ4v) is 10.1. The summed E-state index contributed by atoms with van der Waals surface area (Å²) in [6, 6.07) is 0. The minimum Gasteiger partial charge on any atom is -0.414 e. The Hall–Kier alpha value is -0.123. The zero-order valence-corrected chi connectivity index (χ0v) is 22.5. The van der Waals surface area contributed by atoms with E-state index < -0.39 is 13.9 Å². The van der Waals surface area contributed by atoms with Crippen molar-refractivity contribution in [1.29, 1.82) is 0 Å². The molecule has 178 valence electrons. The number of hydrogen-bond donors (Lipinski definition) is 1. The molecule has 0 aliphatic heterocycles. The molecule has 1 unspecified atom stereocenters. The lowest BCUT2D eigenvalue weighted by molar-refractivity contribution is -0.0991. The van der Waals surface area contributed by atoms with Gasteiger partial charge in [-0.3, -0.25) is 0 Å². The van der Waals surface area contributed by atoms with Crippen LogP contribution < -0.4 is 0 Å². The second-order valence-corrected chi connectivity index (χ2v) is 18.6. The van der Waals surface area contributed by atoms with Crippen LogP contribution in [0.5, 0.6) is 0 Å². The van der Waals surface area contributed by atoms with Crippen molar-refractivity contribution in [2.45, 2.75) is 122 Å². The molecule has 0 bridgehead atoms. The summed E-state index contributed by atoms with van der Waals surface area (Å²) in [4.78, 5) is 0. The van der Waals surface area contributed by atoms with Gasteiger partial charge in [-0.15, -0.1) is 6.58 Å². The number of aliphatic hydroxyl groups is 1. The maximum absolute atomic E-state index is 10.8. The van der Waals surface area contributed by atoms with Gasteiger partial charge in [0, 0.05) is 6.10 Å². The molecular formula is C28H50O2Si. The van der Waals surface area contributed by atoms with Crippen LogP contribution in [-0.4, -0.2) is 25.1 Å². The van der Waals surface area contributed by atoms with E-state index in [2.05, 4.69) is 54.3 Å². The molecule has 4 aliphatic rings. The second kappa shape index (κ2) is 7.98. The summed E-state index contributed by atoms with van der Waals surface area (Å²) in [5.41, 5.74) is -0.127. The van der Waals surface area contributed by atoms with Gasteiger partial charge in [-0.25, -0.2) is 0 Å². The first-order chi connectivity index (χ1) is 14.3. The van der Waals surface area contributed by atoms with Gasteiger partial charge >= 0.3 is 0 Å². The lowest BCUT2D eigenvalue weighted by Gasteiger charge is -2.57. The molecule has 2 nitrogen and oxygen atoms in total. The SMILES string of the molecule is C=C[C@@]1(O)CC[C@H]2[C@H](CC[C@@H]3[C@@H]2CC[C@]2(C)[C@@H](C(C)O[Si](C)(C)C(C)(C)C)CC[C@@H]32)C1. The molecule has 0 aromatic rings. The van der Waals surface area contributed by atoms with E-state index in [4.69, 9.17) is 4.43 Å². The van der Waals surface area contributed by atoms with Gasteiger partial charge in [0.1, 0.15) is 0 Å². The van der Waals surface area contributed by atoms with Crippen LogP contribution in [0.1, 0.15) is 92.4 Å². The molecule has 1 N–H and O–H groups in total. The molecule has 4 rings (SSSR count). The van der Waals surface area contributed by atoms with Crippen molar-refractivity contribution in [2.75, 3.05) is 0 Å². The second-order valence-electron chi connectivity index (χ2n) is 13.8. The van der Waals surface area contributed by atoms with E-state index in [1.165, 1.54) is 44.9 Å². The van der Waals surface area contributed by atoms with Gasteiger partial charge in [0.05, 0.1) is 5.60 Å². The van der Waals surface area contributed by atoms with Crippen molar-refractivity contribution in [3.8, 4) is 0 Å². The predicted octanol–water partition coefficient (Wildman–Crippen LogP) is 7.58. The van der Waals surface area contributed by atoms with Crippen LogP contribution in [0.3, 0.4) is 0 Å². The molecule has 4 aliphatic carbocycles. The first-order valence-electron chi connectivity index (χ1n) is 13.4. The molecule has 0 aromatic carbocycles. The molecule has 0 radical (unpaired) electrons. The minimum atomic E-state index is -1.73. The third-order valence-corrected chi connectivity index (χ3v) is 15.9. The van der Waals surface area contributed by atoms with Gasteiger partial charge < -0.3 is 9.53 Å². The average Bonchev–Trinajstić information content (AvgIpc) is 3.03. The molecule has 0 aromatic heterocycles. The zero-order valence-electron chi connectivity index (χ0n) is 21.5. The standard InChI is InChI=1S/C28H50O2Si/c1-9-28(29)17-15-21-20(18-28)10-11-23-22(21)14-16-27(6)24(12-13-25(23)27)19(2)30-31(7,8)26(3,4)5/h9,19-25,29H,1,10-18H2,2-8H3/t19?,20-,21+,22-,23-,24-,25+,27-,28-/m1/s1. The monoisotopic (exact) mass is 446 g/mol. The smallest absolute Gasteiger partial charge is 0.192 e. The number of fused-ring (bicyclic) bond motifs is 5. The Kier molecular flexibility index (Phi) is 6.18. The van der Waals surface area contributed by atoms with Gasteiger partial charge in [-0.2, -0.15) is 0 Å². The maximum atomic E-state index is 10.8. The topological polar surface area (TPSA) is 29.5 Å². The minimum absolute atomic E-state index is 0.282. The molecule has 0 heterocycles. The van der Waals surface area contributed by atoms with Crippen LogP contribution in [0.4, 0.5) is 0 Å². The molecular weight excluding hydrogens is 396 g/mol. The highest BCUT2D eigenvalue weighted by atomic mass is 28.4. The fraction of sp³-hybridized carbons (Fsp3) is 0.929. The van der Waals surface area contributed by atoms with Crippen LogP contribution in [0, 0.1) is 40.9 Å². The Labute approximate surface area is 193 Å². The summed E-state index contributed by atoms with van der Waals surface area (Å²) in [7, 11) is -1.73. The first-order valence-corrected chi connectivity index (χ1v) is 16.3. The third kappa shape index (κ3) is 4.03. The highest BCUT2D eigenvalue weighted by Gasteiger charge is 2.59. The predicted molar refractivity (Wildman–Crippen MR) is 133 cm³/mol. The fourth-order valence-electron chi connectivity index (χ4n) is 8.63. The van der Waals surface area contributed by atoms with Crippen molar-refractivity contribution >= 4 is 8.32 Å². The lowest BCUT2D eigenvalue weighted by atomic mass is 9.49. The highest BCUT2D eigenvalue weighted by Crippen LogP contribution is 2.65. The Balaban J connectivity index is 1.47. The van der Waals surface area contributed by atoms with Crippen LogP contribution in [0.15, 0.2) is 12.7 Å². The average molecular weight is 447 g/mol. The molecule has 4 fully saturated rings. The van der Waals surface area contributed by atoms with Crippen LogP contribution in [0.2, 0.25) is 18.1 Å². The van der Waals surface area contributed by atoms with Crippen molar-refractivity contribution in [1.82, 2.24) is 0 Å². The van der Waals surface area contributed by atoms with Gasteiger partial charge in [-0.1, -0.05) is 33.8 Å². The summed E-state index contributed by atoms with van der Waals surface area (Å²) in [5, 5.41) is 11.1. The molecule has 31 heavy (non-hydrogen) atoms. The van der Waals surface area contributed by atoms with Crippen molar-refractivity contribution in [2.24, 2.45) is 40.9 Å². The Morgan fingerprint density at radius 2 is 1.68 bits per heavy atom. The van der Waals surface area contributed by atoms with E-state index in [1.54, 1.807) is 0 Å². The Morgan fingerprint density at radius 3 is 2.32 bits per heavy atom. The van der Waals surface area contributed by atoms with Crippen molar-refractivity contribution < 1.29 is 9.53 Å². The highest BCUT2D eigenvalue weighted by molar-refractivity contribution is 6.74. The van der Waals surface area contributed by atoms with E-state index in [0.29, 0.717) is 11.5 Å². The third-order valence-electron chi connectivity index (χ3n) is 11.4. The summed E-state index contributed by atoms with van der Waals surface area (Å²) in [6.07, 6.45) is 13.6. The Bertz CT molecular complexity index is 681. The molecule has 3 heteroatoms. The number of rotatable bonds is 4. The molecule has 0 spiro atoms. The summed E-state index contributed by atoms with van der Waals surface area (Å²) >= 11 is 0. The number of hydrogen-bond acceptors (Lipinski definition) is 2. The van der Waals surface area contributed by atoms with Crippen LogP contribution in [-0.2, 0) is 4.43 Å². The largest absolute Gasteiger partial charge is 0.414 e. The van der Waals surface area contributed by atoms with Gasteiger partial charge in [0.2, 0.25) is 0 Å². The van der Waals surface area contributed by atoms with Crippen LogP contribution >= 0.6 is 0 Å². The van der Waals surface area contributed by atoms with E-state index in [9.17, 15) is 5.11 Å². The first kappa shape index (κ1) is 24.0. The van der Waals surface area contributed by atoms with Gasteiger partial charge in [-0.05, 0) is 124 Å². The van der Waals surface area contributed by atoms with Crippen LogP contribution in [0.25, 0.3) is 0 Å². The molecule has 0 saturated heterocycles. The maximum Gasteiger partial charge on any atom is 0.192 e. The summed E-state index contributed by atoms with van der Waals surface area (Å²) in [6.45, 7) is 20.9. The normalized spacial score (nSPS) is 46.6. The van der Waals surface area contributed by atoms with E-state index >= 15 is 0 Å². The quantitative estimate of drug-likeness (QED) is 0.356. The van der Waals surface area contributed by atoms with Crippen molar-refractivity contribution in [3.63, 3.8) is 0 Å². The summed E-state index contributed by atoms with van der Waals surface area (Å²) < 4.78 is 6.96. The molecule has 9 atom stereocenters. The zero-order chi connectivity index (χ0) is 22.8. The van der Waals surface area contributed by atoms with Crippen molar-refractivity contribution in [3.05, 3.63) is 12.7 Å². The van der Waals surface area contributed by atoms with Gasteiger partial charge in [0.15, 0.2) is 8.32 Å².